The van der Waals surface area contributed by atoms with Gasteiger partial charge < -0.3 is 9.15 Å². The minimum Gasteiger partial charge on any atom is -0.486 e. The van der Waals surface area contributed by atoms with Gasteiger partial charge in [0, 0.05) is 0 Å². The predicted molar refractivity (Wildman–Crippen MR) is 92.4 cm³/mol. The predicted octanol–water partition coefficient (Wildman–Crippen LogP) is 3.35. The van der Waals surface area contributed by atoms with E-state index in [0.717, 1.165) is 5.75 Å². The number of nitrogens with one attached hydrogen (secondary N) is 2. The molecule has 0 saturated carbocycles. The lowest BCUT2D eigenvalue weighted by Crippen LogP contribution is -2.35. The molecule has 0 aliphatic carbocycles. The molecule has 0 radical (unpaired) electrons. The van der Waals surface area contributed by atoms with Gasteiger partial charge in [-0.3, -0.25) is 15.6 Å². The number of thiocarbonyl (C=S) groups is 1. The van der Waals surface area contributed by atoms with Crippen molar-refractivity contribution in [2.45, 2.75) is 32.8 Å². The maximum atomic E-state index is 11.6. The largest absolute Gasteiger partial charge is 0.486 e. The summed E-state index contributed by atoms with van der Waals surface area (Å²) < 4.78 is 11.1. The quantitative estimate of drug-likeness (QED) is 0.627. The summed E-state index contributed by atoms with van der Waals surface area (Å²) in [7, 11) is 0. The first-order chi connectivity index (χ1) is 10.9. The Labute approximate surface area is 141 Å². The van der Waals surface area contributed by atoms with Gasteiger partial charge in [0.1, 0.15) is 18.1 Å². The Morgan fingerprint density at radius 2 is 1.91 bits per heavy atom. The first-order valence-electron chi connectivity index (χ1n) is 7.22. The van der Waals surface area contributed by atoms with Gasteiger partial charge in [-0.2, -0.15) is 0 Å². The van der Waals surface area contributed by atoms with E-state index >= 15 is 0 Å². The summed E-state index contributed by atoms with van der Waals surface area (Å²) in [5.41, 5.74) is 7.36. The molecule has 0 spiro atoms. The Bertz CT molecular complexity index is 672. The maximum Gasteiger partial charge on any atom is 0.305 e. The molecule has 1 amide bonds. The van der Waals surface area contributed by atoms with E-state index in [1.165, 1.54) is 11.1 Å². The van der Waals surface area contributed by atoms with Gasteiger partial charge in [0.05, 0.1) is 5.49 Å². The number of carbonyl (C=O) groups excluding carboxylic acids is 1. The topological polar surface area (TPSA) is 63.5 Å². The average Bonchev–Trinajstić information content (AvgIpc) is 2.99. The molecule has 0 saturated heterocycles. The second kappa shape index (κ2) is 7.28. The number of hydrazine groups is 1. The maximum absolute atomic E-state index is 11.6. The second-order valence-corrected chi connectivity index (χ2v) is 6.28. The SMILES string of the molecule is CC(C)(C)c1ccc(OCc2ccc(C(=O)NNC=S)o2)cc1. The van der Waals surface area contributed by atoms with E-state index in [1.54, 1.807) is 12.1 Å². The van der Waals surface area contributed by atoms with Gasteiger partial charge in [0.2, 0.25) is 0 Å². The monoisotopic (exact) mass is 332 g/mol. The smallest absolute Gasteiger partial charge is 0.305 e. The molecule has 0 fully saturated rings. The van der Waals surface area contributed by atoms with Crippen molar-refractivity contribution in [2.24, 2.45) is 0 Å². The summed E-state index contributed by atoms with van der Waals surface area (Å²) in [6.07, 6.45) is 0. The van der Waals surface area contributed by atoms with Crippen molar-refractivity contribution in [1.29, 1.82) is 0 Å². The molecule has 1 heterocycles. The molecule has 122 valence electrons. The second-order valence-electron chi connectivity index (χ2n) is 6.05. The summed E-state index contributed by atoms with van der Waals surface area (Å²) in [5, 5.41) is 0. The van der Waals surface area contributed by atoms with Crippen LogP contribution in [0.2, 0.25) is 0 Å². The summed E-state index contributed by atoms with van der Waals surface area (Å²) in [5.74, 6) is 1.11. The van der Waals surface area contributed by atoms with Crippen LogP contribution in [0.15, 0.2) is 40.8 Å². The van der Waals surface area contributed by atoms with Crippen molar-refractivity contribution in [1.82, 2.24) is 10.9 Å². The van der Waals surface area contributed by atoms with Crippen molar-refractivity contribution in [3.8, 4) is 5.75 Å². The van der Waals surface area contributed by atoms with E-state index < -0.39 is 5.91 Å². The molecule has 0 aliphatic heterocycles. The summed E-state index contributed by atoms with van der Waals surface area (Å²) in [6, 6.07) is 11.2. The molecular weight excluding hydrogens is 312 g/mol. The Hall–Kier alpha value is -2.34. The minimum absolute atomic E-state index is 0.109. The van der Waals surface area contributed by atoms with Gasteiger partial charge in [-0.25, -0.2) is 0 Å². The van der Waals surface area contributed by atoms with Crippen molar-refractivity contribution in [3.63, 3.8) is 0 Å². The highest BCUT2D eigenvalue weighted by atomic mass is 32.1. The van der Waals surface area contributed by atoms with Crippen LogP contribution < -0.4 is 15.6 Å². The third kappa shape index (κ3) is 4.82. The highest BCUT2D eigenvalue weighted by Crippen LogP contribution is 2.24. The molecule has 23 heavy (non-hydrogen) atoms. The Kier molecular flexibility index (Phi) is 5.39. The Balaban J connectivity index is 1.92. The van der Waals surface area contributed by atoms with Crippen LogP contribution in [-0.2, 0) is 12.0 Å². The number of furan rings is 1. The highest BCUT2D eigenvalue weighted by Gasteiger charge is 2.13. The van der Waals surface area contributed by atoms with Crippen molar-refractivity contribution < 1.29 is 13.9 Å². The van der Waals surface area contributed by atoms with E-state index in [0.29, 0.717) is 5.76 Å². The number of hydrogen-bond acceptors (Lipinski definition) is 4. The lowest BCUT2D eigenvalue weighted by molar-refractivity contribution is 0.0913. The lowest BCUT2D eigenvalue weighted by Gasteiger charge is -2.19. The standard InChI is InChI=1S/C17H20N2O3S/c1-17(2,3)12-4-6-13(7-5-12)21-10-14-8-9-15(22-14)16(20)19-18-11-23/h4-9,11H,10H2,1-3H3,(H,18,23)(H,19,20). The third-order valence-electron chi connectivity index (χ3n) is 3.23. The van der Waals surface area contributed by atoms with Crippen LogP contribution in [0.4, 0.5) is 0 Å². The Morgan fingerprint density at radius 1 is 1.22 bits per heavy atom. The number of rotatable bonds is 6. The highest BCUT2D eigenvalue weighted by molar-refractivity contribution is 7.78. The molecule has 1 aromatic heterocycles. The van der Waals surface area contributed by atoms with Crippen LogP contribution in [0.3, 0.4) is 0 Å². The first-order valence-corrected chi connectivity index (χ1v) is 7.69. The number of amides is 1. The van der Waals surface area contributed by atoms with Crippen molar-refractivity contribution >= 4 is 23.6 Å². The number of ether oxygens (including phenoxy) is 1. The van der Waals surface area contributed by atoms with Crippen LogP contribution in [0.1, 0.15) is 42.6 Å². The normalized spacial score (nSPS) is 10.9. The van der Waals surface area contributed by atoms with Crippen molar-refractivity contribution in [3.05, 3.63) is 53.5 Å². The molecule has 2 N–H and O–H groups in total. The van der Waals surface area contributed by atoms with Gasteiger partial charge in [0.15, 0.2) is 5.76 Å². The summed E-state index contributed by atoms with van der Waals surface area (Å²) in [4.78, 5) is 11.6. The first kappa shape index (κ1) is 17.0. The van der Waals surface area contributed by atoms with Crippen LogP contribution in [-0.4, -0.2) is 11.4 Å². The summed E-state index contributed by atoms with van der Waals surface area (Å²) in [6.45, 7) is 6.74. The van der Waals surface area contributed by atoms with Crippen LogP contribution >= 0.6 is 12.2 Å². The van der Waals surface area contributed by atoms with Gasteiger partial charge in [-0.1, -0.05) is 45.1 Å². The lowest BCUT2D eigenvalue weighted by atomic mass is 9.87. The van der Waals surface area contributed by atoms with Crippen LogP contribution in [0.25, 0.3) is 0 Å². The molecule has 2 aromatic rings. The molecule has 0 unspecified atom stereocenters. The molecule has 0 atom stereocenters. The number of hydrogen-bond donors (Lipinski definition) is 2. The number of benzene rings is 1. The fourth-order valence-corrected chi connectivity index (χ4v) is 2.00. The third-order valence-corrected chi connectivity index (χ3v) is 3.35. The van der Waals surface area contributed by atoms with E-state index in [2.05, 4.69) is 43.8 Å². The molecule has 6 heteroatoms. The number of carbonyl (C=O) groups is 1. The van der Waals surface area contributed by atoms with Gasteiger partial charge in [-0.15, -0.1) is 0 Å². The molecule has 2 rings (SSSR count). The zero-order valence-electron chi connectivity index (χ0n) is 13.4. The van der Waals surface area contributed by atoms with E-state index in [-0.39, 0.29) is 17.8 Å². The van der Waals surface area contributed by atoms with E-state index in [9.17, 15) is 4.79 Å². The molecule has 5 nitrogen and oxygen atoms in total. The van der Waals surface area contributed by atoms with E-state index in [1.807, 2.05) is 24.3 Å². The fourth-order valence-electron chi connectivity index (χ4n) is 1.94. The van der Waals surface area contributed by atoms with E-state index in [4.69, 9.17) is 9.15 Å². The molecule has 0 bridgehead atoms. The fraction of sp³-hybridized carbons (Fsp3) is 0.294. The molecule has 1 aromatic carbocycles. The zero-order valence-corrected chi connectivity index (χ0v) is 14.2. The van der Waals surface area contributed by atoms with Crippen LogP contribution in [0.5, 0.6) is 5.75 Å². The zero-order chi connectivity index (χ0) is 16.9. The van der Waals surface area contributed by atoms with Gasteiger partial charge >= 0.3 is 5.91 Å². The minimum atomic E-state index is -0.396. The molecular formula is C17H20N2O3S. The summed E-state index contributed by atoms with van der Waals surface area (Å²) >= 11 is 4.55. The van der Waals surface area contributed by atoms with Crippen molar-refractivity contribution in [2.75, 3.05) is 0 Å². The van der Waals surface area contributed by atoms with Gasteiger partial charge in [-0.05, 0) is 35.2 Å². The average molecular weight is 332 g/mol. The molecule has 0 aliphatic rings. The van der Waals surface area contributed by atoms with Gasteiger partial charge in [0.25, 0.3) is 0 Å². The Morgan fingerprint density at radius 3 is 2.52 bits per heavy atom. The van der Waals surface area contributed by atoms with Crippen LogP contribution in [0, 0.1) is 0 Å².